The molecule has 6 rings (SSSR count). The van der Waals surface area contributed by atoms with Gasteiger partial charge in [0.05, 0.1) is 16.8 Å². The van der Waals surface area contributed by atoms with E-state index in [4.69, 9.17) is 9.40 Å². The van der Waals surface area contributed by atoms with Gasteiger partial charge in [0.25, 0.3) is 5.91 Å². The average molecular weight is 491 g/mol. The Morgan fingerprint density at radius 2 is 1.69 bits per heavy atom. The van der Waals surface area contributed by atoms with Crippen molar-refractivity contribution >= 4 is 54.3 Å². The SMILES string of the molecule is Cc1cc(C)c2sc(N(Cc3ccccc3)C(=O)c3cc4c(ccc5ccccc54)oc3=O)nc2c1. The minimum atomic E-state index is -0.658. The molecule has 36 heavy (non-hydrogen) atoms. The second-order valence-electron chi connectivity index (χ2n) is 8.95. The largest absolute Gasteiger partial charge is 0.422 e. The Kier molecular flexibility index (Phi) is 5.38. The molecule has 1 amide bonds. The summed E-state index contributed by atoms with van der Waals surface area (Å²) in [7, 11) is 0. The van der Waals surface area contributed by atoms with Crippen LogP contribution in [-0.2, 0) is 6.54 Å². The highest BCUT2D eigenvalue weighted by Gasteiger charge is 2.26. The van der Waals surface area contributed by atoms with Crippen LogP contribution in [0.25, 0.3) is 32.0 Å². The maximum atomic E-state index is 14.0. The lowest BCUT2D eigenvalue weighted by molar-refractivity contribution is 0.0981. The molecule has 0 aliphatic rings. The average Bonchev–Trinajstić information content (AvgIpc) is 3.31. The van der Waals surface area contributed by atoms with Crippen molar-refractivity contribution in [2.45, 2.75) is 20.4 Å². The van der Waals surface area contributed by atoms with Crippen LogP contribution in [0.5, 0.6) is 0 Å². The number of anilines is 1. The lowest BCUT2D eigenvalue weighted by Crippen LogP contribution is -2.33. The van der Waals surface area contributed by atoms with Crippen LogP contribution in [-0.4, -0.2) is 10.9 Å². The molecule has 6 aromatic rings. The predicted molar refractivity (Wildman–Crippen MR) is 146 cm³/mol. The minimum Gasteiger partial charge on any atom is -0.422 e. The minimum absolute atomic E-state index is 0.0121. The molecule has 0 atom stereocenters. The molecule has 0 aliphatic carbocycles. The van der Waals surface area contributed by atoms with Crippen LogP contribution in [0.1, 0.15) is 27.0 Å². The lowest BCUT2D eigenvalue weighted by atomic mass is 10.0. The molecule has 0 aliphatic heterocycles. The Bertz CT molecular complexity index is 1840. The van der Waals surface area contributed by atoms with Crippen LogP contribution in [0.3, 0.4) is 0 Å². The highest BCUT2D eigenvalue weighted by atomic mass is 32.1. The number of aromatic nitrogens is 1. The van der Waals surface area contributed by atoms with Crippen LogP contribution in [0, 0.1) is 13.8 Å². The van der Waals surface area contributed by atoms with Gasteiger partial charge in [-0.05, 0) is 59.5 Å². The van der Waals surface area contributed by atoms with E-state index < -0.39 is 11.5 Å². The van der Waals surface area contributed by atoms with Crippen molar-refractivity contribution in [3.05, 3.63) is 118 Å². The normalized spacial score (nSPS) is 11.4. The van der Waals surface area contributed by atoms with Crippen LogP contribution in [0.15, 0.2) is 94.1 Å². The molecule has 6 heteroatoms. The molecular weight excluding hydrogens is 468 g/mol. The van der Waals surface area contributed by atoms with Crippen LogP contribution in [0.4, 0.5) is 5.13 Å². The summed E-state index contributed by atoms with van der Waals surface area (Å²) in [4.78, 5) is 33.4. The molecule has 0 bridgehead atoms. The number of amides is 1. The van der Waals surface area contributed by atoms with Gasteiger partial charge in [-0.15, -0.1) is 0 Å². The first-order valence-electron chi connectivity index (χ1n) is 11.7. The maximum absolute atomic E-state index is 14.0. The smallest absolute Gasteiger partial charge is 0.349 e. The number of nitrogens with zero attached hydrogens (tertiary/aromatic N) is 2. The molecule has 0 radical (unpaired) electrons. The Labute approximate surface area is 211 Å². The number of fused-ring (bicyclic) bond motifs is 4. The molecule has 2 heterocycles. The monoisotopic (exact) mass is 490 g/mol. The van der Waals surface area contributed by atoms with E-state index in [1.807, 2.05) is 80.6 Å². The fourth-order valence-electron chi connectivity index (χ4n) is 4.64. The summed E-state index contributed by atoms with van der Waals surface area (Å²) in [6.07, 6.45) is 0. The quantitative estimate of drug-likeness (QED) is 0.197. The number of hydrogen-bond donors (Lipinski definition) is 0. The zero-order chi connectivity index (χ0) is 24.8. The topological polar surface area (TPSA) is 63.4 Å². The van der Waals surface area contributed by atoms with E-state index in [1.54, 1.807) is 17.0 Å². The number of carbonyl (C=O) groups excluding carboxylic acids is 1. The third kappa shape index (κ3) is 3.85. The highest BCUT2D eigenvalue weighted by Crippen LogP contribution is 2.34. The Hall–Kier alpha value is -4.29. The van der Waals surface area contributed by atoms with Crippen molar-refractivity contribution in [2.75, 3.05) is 4.90 Å². The van der Waals surface area contributed by atoms with E-state index in [9.17, 15) is 9.59 Å². The second kappa shape index (κ2) is 8.73. The standard InChI is InChI=1S/C30H22N2O3S/c1-18-14-19(2)27-25(15-18)31-30(36-27)32(17-20-8-4-3-5-9-20)28(33)24-16-23-22-11-7-6-10-21(22)12-13-26(23)35-29(24)34/h3-16H,17H2,1-2H3. The summed E-state index contributed by atoms with van der Waals surface area (Å²) in [6, 6.07) is 27.0. The van der Waals surface area contributed by atoms with Crippen LogP contribution >= 0.6 is 11.3 Å². The third-order valence-corrected chi connectivity index (χ3v) is 7.57. The van der Waals surface area contributed by atoms with Gasteiger partial charge < -0.3 is 4.42 Å². The third-order valence-electron chi connectivity index (χ3n) is 6.34. The molecule has 5 nitrogen and oxygen atoms in total. The summed E-state index contributed by atoms with van der Waals surface area (Å²) >= 11 is 1.46. The van der Waals surface area contributed by atoms with E-state index >= 15 is 0 Å². The van der Waals surface area contributed by atoms with Gasteiger partial charge in [0.15, 0.2) is 5.13 Å². The highest BCUT2D eigenvalue weighted by molar-refractivity contribution is 7.22. The van der Waals surface area contributed by atoms with Crippen molar-refractivity contribution in [1.82, 2.24) is 4.98 Å². The summed E-state index contributed by atoms with van der Waals surface area (Å²) in [5.41, 5.74) is 3.78. The van der Waals surface area contributed by atoms with Gasteiger partial charge in [0, 0.05) is 5.39 Å². The molecule has 0 fully saturated rings. The lowest BCUT2D eigenvalue weighted by Gasteiger charge is -2.20. The number of rotatable bonds is 4. The van der Waals surface area contributed by atoms with E-state index in [0.717, 1.165) is 43.1 Å². The molecule has 0 unspecified atom stereocenters. The zero-order valence-corrected chi connectivity index (χ0v) is 20.6. The number of hydrogen-bond acceptors (Lipinski definition) is 5. The van der Waals surface area contributed by atoms with E-state index in [0.29, 0.717) is 10.7 Å². The van der Waals surface area contributed by atoms with Gasteiger partial charge >= 0.3 is 5.63 Å². The molecule has 176 valence electrons. The number of benzene rings is 4. The molecule has 0 saturated heterocycles. The maximum Gasteiger partial charge on any atom is 0.349 e. The fourth-order valence-corrected chi connectivity index (χ4v) is 5.65. The first-order chi connectivity index (χ1) is 17.5. The summed E-state index contributed by atoms with van der Waals surface area (Å²) in [5.74, 6) is -0.434. The number of aryl methyl sites for hydroxylation is 2. The van der Waals surface area contributed by atoms with Gasteiger partial charge in [-0.3, -0.25) is 9.69 Å². The van der Waals surface area contributed by atoms with Gasteiger partial charge in [0.2, 0.25) is 0 Å². The summed E-state index contributed by atoms with van der Waals surface area (Å²) < 4.78 is 6.66. The molecule has 0 spiro atoms. The van der Waals surface area contributed by atoms with Crippen molar-refractivity contribution < 1.29 is 9.21 Å². The van der Waals surface area contributed by atoms with E-state index in [2.05, 4.69) is 6.07 Å². The predicted octanol–water partition coefficient (Wildman–Crippen LogP) is 7.02. The van der Waals surface area contributed by atoms with Crippen molar-refractivity contribution in [2.24, 2.45) is 0 Å². The van der Waals surface area contributed by atoms with Gasteiger partial charge in [-0.25, -0.2) is 9.78 Å². The molecular formula is C30H22N2O3S. The van der Waals surface area contributed by atoms with Gasteiger partial charge in [-0.1, -0.05) is 78.1 Å². The number of carbonyl (C=O) groups is 1. The first kappa shape index (κ1) is 22.2. The van der Waals surface area contributed by atoms with E-state index in [1.165, 1.54) is 11.3 Å². The van der Waals surface area contributed by atoms with Crippen molar-refractivity contribution in [1.29, 1.82) is 0 Å². The van der Waals surface area contributed by atoms with Crippen LogP contribution in [0.2, 0.25) is 0 Å². The molecule has 0 saturated carbocycles. The van der Waals surface area contributed by atoms with Gasteiger partial charge in [0.1, 0.15) is 11.1 Å². The summed E-state index contributed by atoms with van der Waals surface area (Å²) in [5, 5.41) is 3.21. The summed E-state index contributed by atoms with van der Waals surface area (Å²) in [6.45, 7) is 4.36. The van der Waals surface area contributed by atoms with Gasteiger partial charge in [-0.2, -0.15) is 0 Å². The van der Waals surface area contributed by atoms with E-state index in [-0.39, 0.29) is 12.1 Å². The van der Waals surface area contributed by atoms with Crippen molar-refractivity contribution in [3.63, 3.8) is 0 Å². The Morgan fingerprint density at radius 3 is 2.53 bits per heavy atom. The fraction of sp³-hybridized carbons (Fsp3) is 0.100. The van der Waals surface area contributed by atoms with Crippen LogP contribution < -0.4 is 10.5 Å². The first-order valence-corrected chi connectivity index (χ1v) is 12.5. The van der Waals surface area contributed by atoms with Crippen molar-refractivity contribution in [3.8, 4) is 0 Å². The molecule has 0 N–H and O–H groups in total. The second-order valence-corrected chi connectivity index (χ2v) is 9.93. The zero-order valence-electron chi connectivity index (χ0n) is 19.8. The molecule has 2 aromatic heterocycles. The Morgan fingerprint density at radius 1 is 0.917 bits per heavy atom. The Balaban J connectivity index is 1.53. The molecule has 4 aromatic carbocycles. The number of thiazole rings is 1.